The Kier molecular flexibility index (Phi) is 4.90. The molecule has 0 amide bonds. The number of carbonyl (C=O) groups is 1. The summed E-state index contributed by atoms with van der Waals surface area (Å²) in [6, 6.07) is 3.43. The van der Waals surface area contributed by atoms with Gasteiger partial charge in [0.2, 0.25) is 0 Å². The van der Waals surface area contributed by atoms with E-state index in [1.807, 2.05) is 0 Å². The molecule has 0 N–H and O–H groups in total. The fourth-order valence-electron chi connectivity index (χ4n) is 3.47. The molecule has 24 heavy (non-hydrogen) atoms. The highest BCUT2D eigenvalue weighted by molar-refractivity contribution is 5.88. The van der Waals surface area contributed by atoms with Crippen LogP contribution in [0.5, 0.6) is 0 Å². The van der Waals surface area contributed by atoms with E-state index in [9.17, 15) is 4.79 Å². The largest absolute Gasteiger partial charge is 0.460 e. The fraction of sp³-hybridized carbons (Fsp3) is 0.667. The van der Waals surface area contributed by atoms with E-state index in [0.29, 0.717) is 30.6 Å². The molecule has 2 unspecified atom stereocenters. The molecule has 0 saturated carbocycles. The maximum Gasteiger partial charge on any atom is 0.339 e. The summed E-state index contributed by atoms with van der Waals surface area (Å²) in [5.74, 6) is 0.311. The van der Waals surface area contributed by atoms with Crippen molar-refractivity contribution >= 4 is 5.97 Å². The van der Waals surface area contributed by atoms with Crippen LogP contribution >= 0.6 is 0 Å². The number of ether oxygens (including phenoxy) is 3. The van der Waals surface area contributed by atoms with Gasteiger partial charge in [0.15, 0.2) is 0 Å². The number of esters is 1. The number of aromatic nitrogens is 1. The third kappa shape index (κ3) is 3.06. The molecule has 1 aromatic rings. The van der Waals surface area contributed by atoms with E-state index in [-0.39, 0.29) is 25.0 Å². The highest BCUT2D eigenvalue weighted by atomic mass is 16.6. The van der Waals surface area contributed by atoms with Crippen LogP contribution in [0, 0.1) is 11.8 Å². The number of carbonyl (C=O) groups excluding carboxylic acids is 1. The molecular weight excluding hydrogens is 308 g/mol. The quantitative estimate of drug-likeness (QED) is 0.770. The van der Waals surface area contributed by atoms with Crippen LogP contribution in [0.3, 0.4) is 0 Å². The van der Waals surface area contributed by atoms with Crippen LogP contribution in [0.1, 0.15) is 38.1 Å². The van der Waals surface area contributed by atoms with Gasteiger partial charge in [-0.25, -0.2) is 9.69 Å². The van der Waals surface area contributed by atoms with E-state index in [4.69, 9.17) is 14.2 Å². The Bertz CT molecular complexity index is 556. The first-order chi connectivity index (χ1) is 11.4. The first kappa shape index (κ1) is 17.3. The Labute approximate surface area is 143 Å². The third-order valence-electron chi connectivity index (χ3n) is 4.65. The van der Waals surface area contributed by atoms with Crippen molar-refractivity contribution in [2.75, 3.05) is 19.8 Å². The summed E-state index contributed by atoms with van der Waals surface area (Å²) in [7, 11) is 0. The summed E-state index contributed by atoms with van der Waals surface area (Å²) < 4.78 is 17.7. The number of rotatable bonds is 5. The zero-order valence-corrected chi connectivity index (χ0v) is 14.8. The Balaban J connectivity index is 1.74. The molecule has 0 aromatic carbocycles. The second-order valence-electron chi connectivity index (χ2n) is 7.34. The zero-order chi connectivity index (χ0) is 17.3. The average molecular weight is 334 g/mol. The molecular formula is C18H26N2O4. The van der Waals surface area contributed by atoms with Gasteiger partial charge in [0, 0.05) is 12.4 Å². The van der Waals surface area contributed by atoms with Crippen molar-refractivity contribution in [2.45, 2.75) is 45.7 Å². The van der Waals surface area contributed by atoms with Crippen LogP contribution in [-0.4, -0.2) is 53.7 Å². The Morgan fingerprint density at radius 3 is 2.42 bits per heavy atom. The number of fused-ring (bicyclic) bond motifs is 1. The molecule has 3 heterocycles. The van der Waals surface area contributed by atoms with Crippen molar-refractivity contribution in [2.24, 2.45) is 11.8 Å². The van der Waals surface area contributed by atoms with Gasteiger partial charge in [0.25, 0.3) is 0 Å². The minimum absolute atomic E-state index is 0.0167. The standard InChI is InChI=1S/C18H26N2O4/c1-12(2)15-20-16(13(3)4)23-10-18(20,9-22-15)11-24-17(21)14-6-5-7-19-8-14/h5-8,12-13,15-16H,9-11H2,1-4H3. The lowest BCUT2D eigenvalue weighted by molar-refractivity contribution is -0.0961. The molecule has 2 fully saturated rings. The Hall–Kier alpha value is -1.50. The van der Waals surface area contributed by atoms with Gasteiger partial charge in [-0.05, 0) is 24.0 Å². The lowest BCUT2D eigenvalue weighted by Crippen LogP contribution is -2.54. The topological polar surface area (TPSA) is 60.9 Å². The summed E-state index contributed by atoms with van der Waals surface area (Å²) in [5, 5.41) is 0. The van der Waals surface area contributed by atoms with Gasteiger partial charge in [-0.3, -0.25) is 4.98 Å². The number of nitrogens with zero attached hydrogens (tertiary/aromatic N) is 2. The summed E-state index contributed by atoms with van der Waals surface area (Å²) in [6.45, 7) is 9.83. The van der Waals surface area contributed by atoms with Crippen LogP contribution in [-0.2, 0) is 14.2 Å². The molecule has 132 valence electrons. The van der Waals surface area contributed by atoms with E-state index in [1.165, 1.54) is 6.20 Å². The van der Waals surface area contributed by atoms with Gasteiger partial charge in [-0.1, -0.05) is 27.7 Å². The van der Waals surface area contributed by atoms with Crippen LogP contribution in [0.15, 0.2) is 24.5 Å². The fourth-order valence-corrected chi connectivity index (χ4v) is 3.47. The monoisotopic (exact) mass is 334 g/mol. The molecule has 1 aromatic heterocycles. The minimum Gasteiger partial charge on any atom is -0.460 e. The maximum atomic E-state index is 12.3. The van der Waals surface area contributed by atoms with Crippen molar-refractivity contribution in [3.05, 3.63) is 30.1 Å². The average Bonchev–Trinajstić information content (AvgIpc) is 3.10. The number of hydrogen-bond donors (Lipinski definition) is 0. The van der Waals surface area contributed by atoms with E-state index in [0.717, 1.165) is 0 Å². The van der Waals surface area contributed by atoms with Crippen molar-refractivity contribution in [3.63, 3.8) is 0 Å². The van der Waals surface area contributed by atoms with E-state index in [2.05, 4.69) is 37.6 Å². The smallest absolute Gasteiger partial charge is 0.339 e. The van der Waals surface area contributed by atoms with Gasteiger partial charge in [-0.15, -0.1) is 0 Å². The molecule has 2 aliphatic heterocycles. The van der Waals surface area contributed by atoms with E-state index in [1.54, 1.807) is 18.3 Å². The lowest BCUT2D eigenvalue weighted by Gasteiger charge is -2.36. The first-order valence-electron chi connectivity index (χ1n) is 8.53. The second-order valence-corrected chi connectivity index (χ2v) is 7.34. The second kappa shape index (κ2) is 6.78. The normalized spacial score (nSPS) is 30.1. The van der Waals surface area contributed by atoms with Crippen LogP contribution in [0.2, 0.25) is 0 Å². The number of hydrogen-bond acceptors (Lipinski definition) is 6. The van der Waals surface area contributed by atoms with Crippen LogP contribution in [0.4, 0.5) is 0 Å². The molecule has 0 radical (unpaired) electrons. The highest BCUT2D eigenvalue weighted by Gasteiger charge is 2.57. The highest BCUT2D eigenvalue weighted by Crippen LogP contribution is 2.41. The van der Waals surface area contributed by atoms with Crippen molar-refractivity contribution in [3.8, 4) is 0 Å². The number of pyridine rings is 1. The molecule has 0 aliphatic carbocycles. The summed E-state index contributed by atoms with van der Waals surface area (Å²) in [4.78, 5) is 18.5. The van der Waals surface area contributed by atoms with Gasteiger partial charge >= 0.3 is 5.97 Å². The van der Waals surface area contributed by atoms with Crippen LogP contribution in [0.25, 0.3) is 0 Å². The van der Waals surface area contributed by atoms with Crippen molar-refractivity contribution in [1.29, 1.82) is 0 Å². The van der Waals surface area contributed by atoms with E-state index >= 15 is 0 Å². The Morgan fingerprint density at radius 1 is 1.29 bits per heavy atom. The molecule has 0 spiro atoms. The summed E-state index contributed by atoms with van der Waals surface area (Å²) >= 11 is 0. The van der Waals surface area contributed by atoms with Crippen molar-refractivity contribution in [1.82, 2.24) is 9.88 Å². The molecule has 2 atom stereocenters. The van der Waals surface area contributed by atoms with E-state index < -0.39 is 5.54 Å². The molecule has 3 rings (SSSR count). The van der Waals surface area contributed by atoms with Gasteiger partial charge < -0.3 is 14.2 Å². The molecule has 0 bridgehead atoms. The lowest BCUT2D eigenvalue weighted by atomic mass is 9.99. The van der Waals surface area contributed by atoms with Crippen molar-refractivity contribution < 1.29 is 19.0 Å². The third-order valence-corrected chi connectivity index (χ3v) is 4.65. The zero-order valence-electron chi connectivity index (χ0n) is 14.8. The minimum atomic E-state index is -0.401. The van der Waals surface area contributed by atoms with Gasteiger partial charge in [0.1, 0.15) is 24.6 Å². The van der Waals surface area contributed by atoms with Crippen LogP contribution < -0.4 is 0 Å². The maximum absolute atomic E-state index is 12.3. The molecule has 6 heteroatoms. The van der Waals surface area contributed by atoms with Gasteiger partial charge in [-0.2, -0.15) is 0 Å². The predicted octanol–water partition coefficient (Wildman–Crippen LogP) is 2.30. The predicted molar refractivity (Wildman–Crippen MR) is 88.2 cm³/mol. The molecule has 6 nitrogen and oxygen atoms in total. The first-order valence-corrected chi connectivity index (χ1v) is 8.53. The summed E-state index contributed by atoms with van der Waals surface area (Å²) in [6.07, 6.45) is 3.11. The molecule has 2 saturated heterocycles. The SMILES string of the molecule is CC(C)C1OCC2(COC(=O)c3cccnc3)COC(C(C)C)N12. The van der Waals surface area contributed by atoms with Gasteiger partial charge in [0.05, 0.1) is 18.8 Å². The summed E-state index contributed by atoms with van der Waals surface area (Å²) in [5.41, 5.74) is 0.0565. The molecule has 2 aliphatic rings. The Morgan fingerprint density at radius 2 is 1.92 bits per heavy atom.